The summed E-state index contributed by atoms with van der Waals surface area (Å²) < 4.78 is 15.4. The molecule has 0 atom stereocenters. The van der Waals surface area contributed by atoms with E-state index in [1.54, 1.807) is 32.4 Å². The molecule has 15 heavy (non-hydrogen) atoms. The van der Waals surface area contributed by atoms with Gasteiger partial charge in [0, 0.05) is 0 Å². The summed E-state index contributed by atoms with van der Waals surface area (Å²) in [6.45, 7) is 0. The molecule has 0 unspecified atom stereocenters. The second kappa shape index (κ2) is 4.00. The Morgan fingerprint density at radius 3 is 2.67 bits per heavy atom. The molecule has 0 aliphatic carbocycles. The molecule has 1 aromatic heterocycles. The first-order chi connectivity index (χ1) is 7.35. The molecule has 0 fully saturated rings. The van der Waals surface area contributed by atoms with E-state index in [-0.39, 0.29) is 0 Å². The van der Waals surface area contributed by atoms with E-state index in [1.807, 2.05) is 0 Å². The van der Waals surface area contributed by atoms with Crippen LogP contribution in [0, 0.1) is 0 Å². The van der Waals surface area contributed by atoms with Crippen molar-refractivity contribution in [2.45, 2.75) is 0 Å². The van der Waals surface area contributed by atoms with Crippen LogP contribution in [0.5, 0.6) is 11.5 Å². The van der Waals surface area contributed by atoms with Gasteiger partial charge in [-0.3, -0.25) is 0 Å². The smallest absolute Gasteiger partial charge is 0.251 e. The molecule has 0 bridgehead atoms. The highest BCUT2D eigenvalue weighted by molar-refractivity contribution is 5.64. The number of benzene rings is 1. The normalized spacial score (nSPS) is 10.0. The van der Waals surface area contributed by atoms with Crippen LogP contribution in [0.25, 0.3) is 11.5 Å². The Labute approximate surface area is 86.6 Å². The molecule has 1 heterocycles. The number of nitrogens with zero attached hydrogens (tertiary/aromatic N) is 2. The van der Waals surface area contributed by atoms with E-state index >= 15 is 0 Å². The van der Waals surface area contributed by atoms with Gasteiger partial charge in [-0.15, -0.1) is 10.2 Å². The van der Waals surface area contributed by atoms with E-state index in [0.29, 0.717) is 23.0 Å². The van der Waals surface area contributed by atoms with Gasteiger partial charge in [0.1, 0.15) is 11.5 Å². The Hall–Kier alpha value is -2.04. The topological polar surface area (TPSA) is 57.4 Å². The van der Waals surface area contributed by atoms with Crippen molar-refractivity contribution in [1.82, 2.24) is 10.2 Å². The average molecular weight is 206 g/mol. The van der Waals surface area contributed by atoms with Crippen LogP contribution >= 0.6 is 0 Å². The zero-order chi connectivity index (χ0) is 10.7. The van der Waals surface area contributed by atoms with Gasteiger partial charge in [0.2, 0.25) is 6.39 Å². The molecular formula is C10H10N2O3. The van der Waals surface area contributed by atoms with Gasteiger partial charge in [0.15, 0.2) is 0 Å². The molecule has 0 saturated carbocycles. The summed E-state index contributed by atoms with van der Waals surface area (Å²) >= 11 is 0. The maximum absolute atomic E-state index is 5.19. The van der Waals surface area contributed by atoms with Crippen molar-refractivity contribution in [2.75, 3.05) is 14.2 Å². The lowest BCUT2D eigenvalue weighted by molar-refractivity contribution is 0.403. The third kappa shape index (κ3) is 1.76. The number of rotatable bonds is 3. The molecular weight excluding hydrogens is 196 g/mol. The largest absolute Gasteiger partial charge is 0.497 e. The molecule has 78 valence electrons. The van der Waals surface area contributed by atoms with Gasteiger partial charge in [-0.2, -0.15) is 0 Å². The second-order valence-electron chi connectivity index (χ2n) is 2.81. The van der Waals surface area contributed by atoms with Crippen molar-refractivity contribution < 1.29 is 13.9 Å². The Balaban J connectivity index is 2.52. The van der Waals surface area contributed by atoms with Gasteiger partial charge >= 0.3 is 0 Å². The first-order valence-corrected chi connectivity index (χ1v) is 4.33. The van der Waals surface area contributed by atoms with Crippen LogP contribution in [0.1, 0.15) is 0 Å². The first kappa shape index (κ1) is 9.51. The minimum atomic E-state index is 0.408. The van der Waals surface area contributed by atoms with Crippen LogP contribution in [-0.2, 0) is 0 Å². The zero-order valence-electron chi connectivity index (χ0n) is 8.43. The molecule has 0 aliphatic rings. The zero-order valence-corrected chi connectivity index (χ0v) is 8.43. The van der Waals surface area contributed by atoms with Crippen LogP contribution in [0.4, 0.5) is 0 Å². The van der Waals surface area contributed by atoms with E-state index in [0.717, 1.165) is 0 Å². The SMILES string of the molecule is COc1ccc(OC)c(-c2nnco2)c1. The van der Waals surface area contributed by atoms with Crippen molar-refractivity contribution >= 4 is 0 Å². The molecule has 0 aliphatic heterocycles. The summed E-state index contributed by atoms with van der Waals surface area (Å²) in [5, 5.41) is 7.43. The molecule has 0 spiro atoms. The fraction of sp³-hybridized carbons (Fsp3) is 0.200. The first-order valence-electron chi connectivity index (χ1n) is 4.33. The number of methoxy groups -OCH3 is 2. The third-order valence-electron chi connectivity index (χ3n) is 2.00. The lowest BCUT2D eigenvalue weighted by Crippen LogP contribution is -1.90. The summed E-state index contributed by atoms with van der Waals surface area (Å²) in [4.78, 5) is 0. The van der Waals surface area contributed by atoms with Gasteiger partial charge < -0.3 is 13.9 Å². The fourth-order valence-electron chi connectivity index (χ4n) is 1.27. The minimum Gasteiger partial charge on any atom is -0.497 e. The molecule has 5 nitrogen and oxygen atoms in total. The average Bonchev–Trinajstić information content (AvgIpc) is 2.81. The maximum Gasteiger partial charge on any atom is 0.251 e. The monoisotopic (exact) mass is 206 g/mol. The standard InChI is InChI=1S/C10H10N2O3/c1-13-7-3-4-9(14-2)8(5-7)10-12-11-6-15-10/h3-6H,1-2H3. The van der Waals surface area contributed by atoms with Crippen LogP contribution in [-0.4, -0.2) is 24.4 Å². The molecule has 1 aromatic carbocycles. The van der Waals surface area contributed by atoms with Crippen molar-refractivity contribution in [3.63, 3.8) is 0 Å². The number of hydrogen-bond donors (Lipinski definition) is 0. The highest BCUT2D eigenvalue weighted by Gasteiger charge is 2.11. The molecule has 0 saturated heterocycles. The van der Waals surface area contributed by atoms with Gasteiger partial charge in [-0.25, -0.2) is 0 Å². The van der Waals surface area contributed by atoms with E-state index in [1.165, 1.54) is 6.39 Å². The molecule has 0 amide bonds. The Morgan fingerprint density at radius 1 is 1.20 bits per heavy atom. The molecule has 0 radical (unpaired) electrons. The Morgan fingerprint density at radius 2 is 2.07 bits per heavy atom. The van der Waals surface area contributed by atoms with Gasteiger partial charge in [-0.05, 0) is 18.2 Å². The van der Waals surface area contributed by atoms with Crippen LogP contribution in [0.2, 0.25) is 0 Å². The molecule has 5 heteroatoms. The maximum atomic E-state index is 5.19. The summed E-state index contributed by atoms with van der Waals surface area (Å²) in [6.07, 6.45) is 1.27. The predicted octanol–water partition coefficient (Wildman–Crippen LogP) is 1.75. The summed E-state index contributed by atoms with van der Waals surface area (Å²) in [7, 11) is 3.18. The van der Waals surface area contributed by atoms with Crippen LogP contribution in [0.3, 0.4) is 0 Å². The van der Waals surface area contributed by atoms with Crippen molar-refractivity contribution in [3.05, 3.63) is 24.6 Å². The Kier molecular flexibility index (Phi) is 2.53. The van der Waals surface area contributed by atoms with Gasteiger partial charge in [-0.1, -0.05) is 0 Å². The number of ether oxygens (including phenoxy) is 2. The number of aromatic nitrogens is 2. The predicted molar refractivity (Wildman–Crippen MR) is 52.8 cm³/mol. The highest BCUT2D eigenvalue weighted by atomic mass is 16.5. The highest BCUT2D eigenvalue weighted by Crippen LogP contribution is 2.31. The molecule has 0 N–H and O–H groups in total. The number of hydrogen-bond acceptors (Lipinski definition) is 5. The van der Waals surface area contributed by atoms with E-state index in [9.17, 15) is 0 Å². The van der Waals surface area contributed by atoms with Crippen LogP contribution in [0.15, 0.2) is 29.0 Å². The van der Waals surface area contributed by atoms with E-state index < -0.39 is 0 Å². The third-order valence-corrected chi connectivity index (χ3v) is 2.00. The lowest BCUT2D eigenvalue weighted by atomic mass is 10.2. The second-order valence-corrected chi connectivity index (χ2v) is 2.81. The summed E-state index contributed by atoms with van der Waals surface area (Å²) in [6, 6.07) is 5.38. The van der Waals surface area contributed by atoms with Crippen LogP contribution < -0.4 is 9.47 Å². The van der Waals surface area contributed by atoms with Crippen molar-refractivity contribution in [1.29, 1.82) is 0 Å². The minimum absolute atomic E-state index is 0.408. The Bertz CT molecular complexity index is 440. The summed E-state index contributed by atoms with van der Waals surface area (Å²) in [5.74, 6) is 1.79. The van der Waals surface area contributed by atoms with Gasteiger partial charge in [0.05, 0.1) is 19.8 Å². The molecule has 2 rings (SSSR count). The van der Waals surface area contributed by atoms with E-state index in [2.05, 4.69) is 10.2 Å². The lowest BCUT2D eigenvalue weighted by Gasteiger charge is -2.06. The summed E-state index contributed by atoms with van der Waals surface area (Å²) in [5.41, 5.74) is 0.717. The fourth-order valence-corrected chi connectivity index (χ4v) is 1.27. The van der Waals surface area contributed by atoms with Crippen molar-refractivity contribution in [3.8, 4) is 23.0 Å². The van der Waals surface area contributed by atoms with Crippen molar-refractivity contribution in [2.24, 2.45) is 0 Å². The van der Waals surface area contributed by atoms with Gasteiger partial charge in [0.25, 0.3) is 5.89 Å². The molecule has 2 aromatic rings. The quantitative estimate of drug-likeness (QED) is 0.765. The van der Waals surface area contributed by atoms with E-state index in [4.69, 9.17) is 13.9 Å².